The maximum absolute atomic E-state index is 11.1. The Balaban J connectivity index is 2.27. The first-order valence-corrected chi connectivity index (χ1v) is 6.35. The summed E-state index contributed by atoms with van der Waals surface area (Å²) in [6.45, 7) is 0.544. The van der Waals surface area contributed by atoms with Crippen LogP contribution in [0.2, 0.25) is 0 Å². The molecule has 2 rings (SSSR count). The highest BCUT2D eigenvalue weighted by Crippen LogP contribution is 2.39. The normalized spacial score (nSPS) is 22.2. The van der Waals surface area contributed by atoms with E-state index in [1.165, 1.54) is 7.11 Å². The summed E-state index contributed by atoms with van der Waals surface area (Å²) < 4.78 is 10.8. The molecule has 1 aromatic rings. The van der Waals surface area contributed by atoms with E-state index in [-0.39, 0.29) is 29.2 Å². The molecular formula is C13H18N2O4. The van der Waals surface area contributed by atoms with Gasteiger partial charge in [0.2, 0.25) is 11.5 Å². The molecule has 2 atom stereocenters. The van der Waals surface area contributed by atoms with E-state index >= 15 is 0 Å². The maximum Gasteiger partial charge on any atom is 0.352 e. The number of hydrogen-bond donors (Lipinski definition) is 1. The monoisotopic (exact) mass is 266 g/mol. The van der Waals surface area contributed by atoms with Gasteiger partial charge in [-0.25, -0.2) is 0 Å². The Bertz CT molecular complexity index is 464. The second-order valence-electron chi connectivity index (χ2n) is 4.65. The van der Waals surface area contributed by atoms with Gasteiger partial charge in [0, 0.05) is 5.92 Å². The number of benzene rings is 1. The predicted octanol–water partition coefficient (Wildman–Crippen LogP) is 2.11. The zero-order chi connectivity index (χ0) is 13.8. The number of nitro benzene ring substituents is 1. The van der Waals surface area contributed by atoms with Gasteiger partial charge in [-0.15, -0.1) is 0 Å². The van der Waals surface area contributed by atoms with Gasteiger partial charge in [-0.1, -0.05) is 6.07 Å². The summed E-state index contributed by atoms with van der Waals surface area (Å²) in [5, 5.41) is 11.1. The molecule has 0 aliphatic heterocycles. The van der Waals surface area contributed by atoms with Crippen molar-refractivity contribution in [1.29, 1.82) is 0 Å². The van der Waals surface area contributed by atoms with Crippen LogP contribution in [0.25, 0.3) is 0 Å². The Morgan fingerprint density at radius 1 is 1.42 bits per heavy atom. The minimum absolute atomic E-state index is 0.0455. The van der Waals surface area contributed by atoms with Crippen LogP contribution in [-0.4, -0.2) is 24.7 Å². The fourth-order valence-electron chi connectivity index (χ4n) is 2.53. The number of ether oxygens (including phenoxy) is 2. The molecule has 1 aliphatic carbocycles. The SMILES string of the molecule is COc1cccc(OC2CCCC2CN)c1[N+](=O)[O-]. The van der Waals surface area contributed by atoms with Gasteiger partial charge in [0.1, 0.15) is 6.10 Å². The first kappa shape index (κ1) is 13.6. The Morgan fingerprint density at radius 2 is 2.16 bits per heavy atom. The third-order valence-corrected chi connectivity index (χ3v) is 3.53. The molecule has 0 aromatic heterocycles. The van der Waals surface area contributed by atoms with Crippen LogP contribution in [0, 0.1) is 16.0 Å². The molecule has 19 heavy (non-hydrogen) atoms. The van der Waals surface area contributed by atoms with E-state index in [4.69, 9.17) is 15.2 Å². The molecule has 104 valence electrons. The highest BCUT2D eigenvalue weighted by molar-refractivity contribution is 5.57. The zero-order valence-electron chi connectivity index (χ0n) is 10.9. The van der Waals surface area contributed by atoms with Gasteiger partial charge in [-0.3, -0.25) is 10.1 Å². The summed E-state index contributed by atoms with van der Waals surface area (Å²) in [5.41, 5.74) is 5.58. The summed E-state index contributed by atoms with van der Waals surface area (Å²) >= 11 is 0. The van der Waals surface area contributed by atoms with Crippen LogP contribution in [0.4, 0.5) is 5.69 Å². The second kappa shape index (κ2) is 5.88. The van der Waals surface area contributed by atoms with Crippen molar-refractivity contribution in [3.05, 3.63) is 28.3 Å². The average Bonchev–Trinajstić information content (AvgIpc) is 2.85. The van der Waals surface area contributed by atoms with Crippen LogP contribution in [-0.2, 0) is 0 Å². The summed E-state index contributed by atoms with van der Waals surface area (Å²) in [6.07, 6.45) is 2.90. The minimum Gasteiger partial charge on any atom is -0.490 e. The Labute approximate surface area is 111 Å². The lowest BCUT2D eigenvalue weighted by atomic mass is 10.1. The zero-order valence-corrected chi connectivity index (χ0v) is 10.9. The number of nitro groups is 1. The molecule has 0 spiro atoms. The van der Waals surface area contributed by atoms with Gasteiger partial charge in [-0.2, -0.15) is 0 Å². The smallest absolute Gasteiger partial charge is 0.352 e. The third-order valence-electron chi connectivity index (χ3n) is 3.53. The van der Waals surface area contributed by atoms with E-state index in [9.17, 15) is 10.1 Å². The lowest BCUT2D eigenvalue weighted by Crippen LogP contribution is -2.27. The number of nitrogens with two attached hydrogens (primary N) is 1. The van der Waals surface area contributed by atoms with Crippen LogP contribution < -0.4 is 15.2 Å². The molecule has 1 aliphatic rings. The molecular weight excluding hydrogens is 248 g/mol. The van der Waals surface area contributed by atoms with Crippen molar-refractivity contribution < 1.29 is 14.4 Å². The number of methoxy groups -OCH3 is 1. The summed E-state index contributed by atoms with van der Waals surface area (Å²) in [6, 6.07) is 4.85. The largest absolute Gasteiger partial charge is 0.490 e. The van der Waals surface area contributed by atoms with Crippen molar-refractivity contribution in [2.45, 2.75) is 25.4 Å². The van der Waals surface area contributed by atoms with Gasteiger partial charge < -0.3 is 15.2 Å². The van der Waals surface area contributed by atoms with Crippen LogP contribution in [0.3, 0.4) is 0 Å². The topological polar surface area (TPSA) is 87.6 Å². The number of para-hydroxylation sites is 1. The van der Waals surface area contributed by atoms with Crippen molar-refractivity contribution in [2.24, 2.45) is 11.7 Å². The van der Waals surface area contributed by atoms with Gasteiger partial charge in [0.05, 0.1) is 12.0 Å². The fourth-order valence-corrected chi connectivity index (χ4v) is 2.53. The number of nitrogens with zero attached hydrogens (tertiary/aromatic N) is 1. The Kier molecular flexibility index (Phi) is 4.21. The van der Waals surface area contributed by atoms with Gasteiger partial charge in [-0.05, 0) is 37.9 Å². The lowest BCUT2D eigenvalue weighted by molar-refractivity contribution is -0.387. The van der Waals surface area contributed by atoms with Gasteiger partial charge >= 0.3 is 5.69 Å². The average molecular weight is 266 g/mol. The molecule has 0 heterocycles. The lowest BCUT2D eigenvalue weighted by Gasteiger charge is -2.20. The summed E-state index contributed by atoms with van der Waals surface area (Å²) in [5.74, 6) is 0.741. The standard InChI is InChI=1S/C13H18N2O4/c1-18-11-6-3-7-12(13(11)15(16)17)19-10-5-2-4-9(10)8-14/h3,6-7,9-10H,2,4-5,8,14H2,1H3. The van der Waals surface area contributed by atoms with Crippen LogP contribution in [0.1, 0.15) is 19.3 Å². The highest BCUT2D eigenvalue weighted by atomic mass is 16.6. The fraction of sp³-hybridized carbons (Fsp3) is 0.538. The first-order valence-electron chi connectivity index (χ1n) is 6.35. The maximum atomic E-state index is 11.1. The van der Waals surface area contributed by atoms with E-state index in [0.717, 1.165) is 19.3 Å². The second-order valence-corrected chi connectivity index (χ2v) is 4.65. The molecule has 0 bridgehead atoms. The van der Waals surface area contributed by atoms with E-state index in [2.05, 4.69) is 0 Å². The van der Waals surface area contributed by atoms with Crippen LogP contribution in [0.15, 0.2) is 18.2 Å². The quantitative estimate of drug-likeness (QED) is 0.651. The minimum atomic E-state index is -0.472. The van der Waals surface area contributed by atoms with E-state index in [0.29, 0.717) is 6.54 Å². The molecule has 1 saturated carbocycles. The molecule has 0 saturated heterocycles. The molecule has 0 radical (unpaired) electrons. The van der Waals surface area contributed by atoms with Gasteiger partial charge in [0.25, 0.3) is 0 Å². The van der Waals surface area contributed by atoms with Crippen LogP contribution >= 0.6 is 0 Å². The Hall–Kier alpha value is -1.82. The first-order chi connectivity index (χ1) is 9.17. The molecule has 2 N–H and O–H groups in total. The van der Waals surface area contributed by atoms with Gasteiger partial charge in [0.15, 0.2) is 0 Å². The van der Waals surface area contributed by atoms with Crippen molar-refractivity contribution in [3.8, 4) is 11.5 Å². The van der Waals surface area contributed by atoms with E-state index in [1.807, 2.05) is 0 Å². The molecule has 0 amide bonds. The number of rotatable bonds is 5. The third kappa shape index (κ3) is 2.78. The van der Waals surface area contributed by atoms with E-state index in [1.54, 1.807) is 18.2 Å². The van der Waals surface area contributed by atoms with E-state index < -0.39 is 4.92 Å². The highest BCUT2D eigenvalue weighted by Gasteiger charge is 2.31. The van der Waals surface area contributed by atoms with Crippen LogP contribution in [0.5, 0.6) is 11.5 Å². The molecule has 6 heteroatoms. The number of hydrogen-bond acceptors (Lipinski definition) is 5. The van der Waals surface area contributed by atoms with Crippen molar-refractivity contribution in [1.82, 2.24) is 0 Å². The van der Waals surface area contributed by atoms with Crippen molar-refractivity contribution in [2.75, 3.05) is 13.7 Å². The predicted molar refractivity (Wildman–Crippen MR) is 70.5 cm³/mol. The molecule has 1 aromatic carbocycles. The molecule has 6 nitrogen and oxygen atoms in total. The van der Waals surface area contributed by atoms with Crippen molar-refractivity contribution >= 4 is 5.69 Å². The molecule has 2 unspecified atom stereocenters. The summed E-state index contributed by atoms with van der Waals surface area (Å²) in [7, 11) is 1.41. The van der Waals surface area contributed by atoms with Crippen molar-refractivity contribution in [3.63, 3.8) is 0 Å². The summed E-state index contributed by atoms with van der Waals surface area (Å²) in [4.78, 5) is 10.7. The molecule has 1 fully saturated rings. The Morgan fingerprint density at radius 3 is 2.79 bits per heavy atom.